The standard InChI is InChI=1S/C22H17F6N5O/c23-15-4-1-3-14(19-29-8-2-9-30-19)18(15)20(34)33-10-7-21(24,25)16(33)5-6-17-31-11-13(12-32-17)22(26,27)28/h1-4,8-9,11-12,16H,5-7,10H2/t16-/m1/s1. The number of benzene rings is 1. The van der Waals surface area contributed by atoms with Gasteiger partial charge >= 0.3 is 6.18 Å². The van der Waals surface area contributed by atoms with E-state index in [1.807, 2.05) is 0 Å². The molecule has 1 amide bonds. The number of hydrogen-bond acceptors (Lipinski definition) is 5. The Morgan fingerprint density at radius 1 is 1.06 bits per heavy atom. The minimum absolute atomic E-state index is 0.0608. The molecule has 0 spiro atoms. The lowest BCUT2D eigenvalue weighted by Gasteiger charge is -2.28. The summed E-state index contributed by atoms with van der Waals surface area (Å²) in [5.74, 6) is -5.15. The topological polar surface area (TPSA) is 71.9 Å². The summed E-state index contributed by atoms with van der Waals surface area (Å²) in [6, 6.07) is 3.74. The number of hydrogen-bond donors (Lipinski definition) is 0. The molecular weight excluding hydrogens is 464 g/mol. The van der Waals surface area contributed by atoms with Crippen LogP contribution in [0.15, 0.2) is 49.1 Å². The van der Waals surface area contributed by atoms with Gasteiger partial charge in [0.15, 0.2) is 5.82 Å². The molecule has 0 aliphatic carbocycles. The van der Waals surface area contributed by atoms with Crippen molar-refractivity contribution >= 4 is 5.91 Å². The van der Waals surface area contributed by atoms with Crippen LogP contribution in [-0.4, -0.2) is 49.3 Å². The monoisotopic (exact) mass is 481 g/mol. The molecule has 3 aromatic rings. The molecule has 34 heavy (non-hydrogen) atoms. The maximum Gasteiger partial charge on any atom is 0.419 e. The zero-order chi connectivity index (χ0) is 24.5. The molecule has 1 aliphatic heterocycles. The number of carbonyl (C=O) groups is 1. The second-order valence-corrected chi connectivity index (χ2v) is 7.68. The zero-order valence-corrected chi connectivity index (χ0v) is 17.4. The highest BCUT2D eigenvalue weighted by Crippen LogP contribution is 2.38. The van der Waals surface area contributed by atoms with E-state index in [-0.39, 0.29) is 36.6 Å². The number of halogens is 6. The van der Waals surface area contributed by atoms with Crippen LogP contribution in [0.2, 0.25) is 0 Å². The first kappa shape index (κ1) is 23.6. The van der Waals surface area contributed by atoms with Gasteiger partial charge in [-0.05, 0) is 18.6 Å². The fraction of sp³-hybridized carbons (Fsp3) is 0.318. The van der Waals surface area contributed by atoms with Gasteiger partial charge in [0.1, 0.15) is 11.6 Å². The van der Waals surface area contributed by atoms with Crippen molar-refractivity contribution in [3.63, 3.8) is 0 Å². The normalized spacial score (nSPS) is 17.7. The number of likely N-dealkylation sites (tertiary alicyclic amines) is 1. The molecule has 0 bridgehead atoms. The van der Waals surface area contributed by atoms with Crippen molar-refractivity contribution in [2.75, 3.05) is 6.54 Å². The number of rotatable bonds is 5. The Hall–Kier alpha value is -3.57. The number of amides is 1. The largest absolute Gasteiger partial charge is 0.419 e. The highest BCUT2D eigenvalue weighted by Gasteiger charge is 2.51. The summed E-state index contributed by atoms with van der Waals surface area (Å²) in [5.41, 5.74) is -1.43. The summed E-state index contributed by atoms with van der Waals surface area (Å²) < 4.78 is 82.1. The van der Waals surface area contributed by atoms with Gasteiger partial charge in [-0.1, -0.05) is 12.1 Å². The Morgan fingerprint density at radius 2 is 1.74 bits per heavy atom. The van der Waals surface area contributed by atoms with E-state index in [2.05, 4.69) is 19.9 Å². The first-order chi connectivity index (χ1) is 16.1. The van der Waals surface area contributed by atoms with Gasteiger partial charge in [-0.25, -0.2) is 33.1 Å². The van der Waals surface area contributed by atoms with E-state index in [0.29, 0.717) is 12.4 Å². The average Bonchev–Trinajstić information content (AvgIpc) is 3.11. The van der Waals surface area contributed by atoms with Gasteiger partial charge in [0.2, 0.25) is 0 Å². The number of nitrogens with zero attached hydrogens (tertiary/aromatic N) is 5. The number of aryl methyl sites for hydroxylation is 1. The minimum atomic E-state index is -4.62. The Balaban J connectivity index is 1.59. The predicted octanol–water partition coefficient (Wildman–Crippen LogP) is 4.57. The summed E-state index contributed by atoms with van der Waals surface area (Å²) in [5, 5.41) is 0. The summed E-state index contributed by atoms with van der Waals surface area (Å²) in [6.07, 6.45) is -1.84. The fourth-order valence-electron chi connectivity index (χ4n) is 3.84. The van der Waals surface area contributed by atoms with Crippen molar-refractivity contribution in [3.8, 4) is 11.4 Å². The SMILES string of the molecule is O=C(c1c(F)cccc1-c1ncccn1)N1CCC(F)(F)[C@H]1CCc1ncc(C(F)(F)F)cn1. The van der Waals surface area contributed by atoms with E-state index >= 15 is 0 Å². The van der Waals surface area contributed by atoms with Crippen molar-refractivity contribution in [1.29, 1.82) is 0 Å². The molecule has 1 fully saturated rings. The van der Waals surface area contributed by atoms with Crippen LogP contribution in [0.5, 0.6) is 0 Å². The quantitative estimate of drug-likeness (QED) is 0.499. The van der Waals surface area contributed by atoms with E-state index < -0.39 is 47.4 Å². The van der Waals surface area contributed by atoms with E-state index in [0.717, 1.165) is 11.0 Å². The maximum atomic E-state index is 14.7. The number of alkyl halides is 5. The lowest BCUT2D eigenvalue weighted by molar-refractivity contribution is -0.138. The maximum absolute atomic E-state index is 14.7. The smallest absolute Gasteiger partial charge is 0.329 e. The molecular formula is C22H17F6N5O. The summed E-state index contributed by atoms with van der Waals surface area (Å²) in [4.78, 5) is 29.4. The number of aromatic nitrogens is 4. The second-order valence-electron chi connectivity index (χ2n) is 7.68. The molecule has 0 N–H and O–H groups in total. The van der Waals surface area contributed by atoms with Gasteiger partial charge in [-0.15, -0.1) is 0 Å². The van der Waals surface area contributed by atoms with Crippen molar-refractivity contribution in [2.24, 2.45) is 0 Å². The van der Waals surface area contributed by atoms with Crippen LogP contribution in [0.1, 0.15) is 34.6 Å². The molecule has 6 nitrogen and oxygen atoms in total. The lowest BCUT2D eigenvalue weighted by Crippen LogP contribution is -2.43. The minimum Gasteiger partial charge on any atom is -0.329 e. The highest BCUT2D eigenvalue weighted by atomic mass is 19.4. The van der Waals surface area contributed by atoms with Crippen LogP contribution >= 0.6 is 0 Å². The van der Waals surface area contributed by atoms with E-state index in [4.69, 9.17) is 0 Å². The first-order valence-corrected chi connectivity index (χ1v) is 10.2. The van der Waals surface area contributed by atoms with Gasteiger partial charge in [-0.2, -0.15) is 13.2 Å². The third-order valence-electron chi connectivity index (χ3n) is 5.52. The first-order valence-electron chi connectivity index (χ1n) is 10.2. The summed E-state index contributed by atoms with van der Waals surface area (Å²) in [6.45, 7) is -0.326. The van der Waals surface area contributed by atoms with Gasteiger partial charge in [-0.3, -0.25) is 4.79 Å². The molecule has 1 aliphatic rings. The molecule has 3 heterocycles. The molecule has 1 saturated heterocycles. The fourth-order valence-corrected chi connectivity index (χ4v) is 3.84. The Bertz CT molecular complexity index is 1170. The van der Waals surface area contributed by atoms with E-state index in [1.54, 1.807) is 0 Å². The van der Waals surface area contributed by atoms with Crippen LogP contribution in [-0.2, 0) is 12.6 Å². The van der Waals surface area contributed by atoms with Crippen molar-refractivity contribution in [2.45, 2.75) is 37.4 Å². The third-order valence-corrected chi connectivity index (χ3v) is 5.52. The van der Waals surface area contributed by atoms with Crippen LogP contribution in [0.25, 0.3) is 11.4 Å². The van der Waals surface area contributed by atoms with E-state index in [1.165, 1.54) is 30.6 Å². The Labute approximate surface area is 189 Å². The summed E-state index contributed by atoms with van der Waals surface area (Å²) in [7, 11) is 0. The second kappa shape index (κ2) is 8.99. The molecule has 2 aromatic heterocycles. The molecule has 178 valence electrons. The van der Waals surface area contributed by atoms with Crippen molar-refractivity contribution in [3.05, 3.63) is 71.8 Å². The van der Waals surface area contributed by atoms with Crippen LogP contribution < -0.4 is 0 Å². The van der Waals surface area contributed by atoms with Gasteiger partial charge in [0.05, 0.1) is 17.2 Å². The highest BCUT2D eigenvalue weighted by molar-refractivity contribution is 6.00. The third kappa shape index (κ3) is 4.70. The number of carbonyl (C=O) groups excluding carboxylic acids is 1. The van der Waals surface area contributed by atoms with Gasteiger partial charge in [0.25, 0.3) is 11.8 Å². The molecule has 4 rings (SSSR count). The molecule has 1 atom stereocenters. The van der Waals surface area contributed by atoms with Crippen LogP contribution in [0.3, 0.4) is 0 Å². The Kier molecular flexibility index (Phi) is 6.24. The zero-order valence-electron chi connectivity index (χ0n) is 17.4. The van der Waals surface area contributed by atoms with Gasteiger partial charge in [0, 0.05) is 49.7 Å². The molecule has 1 aromatic carbocycles. The van der Waals surface area contributed by atoms with Crippen LogP contribution in [0.4, 0.5) is 26.3 Å². The molecule has 0 saturated carbocycles. The predicted molar refractivity (Wildman–Crippen MR) is 107 cm³/mol. The molecule has 0 unspecified atom stereocenters. The lowest BCUT2D eigenvalue weighted by atomic mass is 10.0. The average molecular weight is 481 g/mol. The van der Waals surface area contributed by atoms with Crippen LogP contribution in [0, 0.1) is 5.82 Å². The Morgan fingerprint density at radius 3 is 2.38 bits per heavy atom. The van der Waals surface area contributed by atoms with Crippen molar-refractivity contribution in [1.82, 2.24) is 24.8 Å². The summed E-state index contributed by atoms with van der Waals surface area (Å²) >= 11 is 0. The van der Waals surface area contributed by atoms with Crippen molar-refractivity contribution < 1.29 is 31.1 Å². The van der Waals surface area contributed by atoms with Gasteiger partial charge < -0.3 is 4.90 Å². The van der Waals surface area contributed by atoms with E-state index in [9.17, 15) is 31.1 Å². The molecule has 0 radical (unpaired) electrons. The molecule has 12 heteroatoms.